The van der Waals surface area contributed by atoms with Crippen molar-refractivity contribution in [3.8, 4) is 0 Å². The van der Waals surface area contributed by atoms with Crippen molar-refractivity contribution < 1.29 is 55.7 Å². The summed E-state index contributed by atoms with van der Waals surface area (Å²) < 4.78 is 69.5. The van der Waals surface area contributed by atoms with Gasteiger partial charge in [-0.05, 0) is 48.6 Å². The number of halogens is 6. The Kier molecular flexibility index (Phi) is 13.4. The van der Waals surface area contributed by atoms with Crippen LogP contribution in [0, 0.1) is 5.41 Å². The number of ether oxygens (including phenoxy) is 1. The fourth-order valence-electron chi connectivity index (χ4n) is 4.52. The summed E-state index contributed by atoms with van der Waals surface area (Å²) in [5.74, 6) is -5.51. The Morgan fingerprint density at radius 3 is 2.07 bits per heavy atom. The van der Waals surface area contributed by atoms with Crippen LogP contribution >= 0.6 is 0 Å². The number of carbonyl (C=O) groups excluding carboxylic acids is 1. The maximum Gasteiger partial charge on any atom is 0.490 e. The van der Waals surface area contributed by atoms with E-state index in [0.29, 0.717) is 0 Å². The summed E-state index contributed by atoms with van der Waals surface area (Å²) in [6, 6.07) is 12.2. The summed E-state index contributed by atoms with van der Waals surface area (Å²) in [6.07, 6.45) is -3.50. The zero-order valence-corrected chi connectivity index (χ0v) is 23.8. The van der Waals surface area contributed by atoms with Gasteiger partial charge in [-0.1, -0.05) is 25.1 Å². The molecule has 2 aromatic rings. The van der Waals surface area contributed by atoms with E-state index in [2.05, 4.69) is 40.3 Å². The van der Waals surface area contributed by atoms with E-state index in [0.717, 1.165) is 70.9 Å². The fourth-order valence-corrected chi connectivity index (χ4v) is 4.52. The fraction of sp³-hybridized carbons (Fsp3) is 0.500. The number of nitrogens with one attached hydrogen (secondary N) is 1. The van der Waals surface area contributed by atoms with E-state index in [1.807, 2.05) is 35.5 Å². The topological polar surface area (TPSA) is 132 Å². The first-order valence-corrected chi connectivity index (χ1v) is 13.5. The van der Waals surface area contributed by atoms with Gasteiger partial charge in [-0.15, -0.1) is 0 Å². The van der Waals surface area contributed by atoms with E-state index < -0.39 is 24.3 Å². The number of likely N-dealkylation sites (tertiary alicyclic amines) is 1. The maximum absolute atomic E-state index is 12.8. The number of pyridine rings is 1. The first-order chi connectivity index (χ1) is 20.5. The molecule has 1 spiro atoms. The average molecular weight is 637 g/mol. The normalized spacial score (nSPS) is 16.8. The third-order valence-electron chi connectivity index (χ3n) is 6.83. The van der Waals surface area contributed by atoms with Crippen molar-refractivity contribution >= 4 is 23.7 Å². The maximum atomic E-state index is 12.8. The van der Waals surface area contributed by atoms with Gasteiger partial charge in [0.1, 0.15) is 0 Å². The Hall–Kier alpha value is -3.92. The summed E-state index contributed by atoms with van der Waals surface area (Å²) in [4.78, 5) is 39.2. The molecule has 0 radical (unpaired) electrons. The van der Waals surface area contributed by atoms with Gasteiger partial charge in [0.25, 0.3) is 0 Å². The zero-order valence-electron chi connectivity index (χ0n) is 23.8. The highest BCUT2D eigenvalue weighted by Gasteiger charge is 2.40. The van der Waals surface area contributed by atoms with Crippen molar-refractivity contribution in [3.63, 3.8) is 0 Å². The van der Waals surface area contributed by atoms with Gasteiger partial charge in [0, 0.05) is 56.2 Å². The van der Waals surface area contributed by atoms with Crippen molar-refractivity contribution in [2.24, 2.45) is 5.41 Å². The predicted octanol–water partition coefficient (Wildman–Crippen LogP) is 5.06. The number of aryl methyl sites for hydroxylation is 1. The van der Waals surface area contributed by atoms with Crippen molar-refractivity contribution in [3.05, 3.63) is 59.9 Å². The number of carbonyl (C=O) groups is 3. The van der Waals surface area contributed by atoms with Gasteiger partial charge in [-0.3, -0.25) is 9.88 Å². The highest BCUT2D eigenvalue weighted by molar-refractivity contribution is 5.89. The van der Waals surface area contributed by atoms with E-state index >= 15 is 0 Å². The number of alkyl halides is 6. The number of aliphatic carboxylic acids is 2. The van der Waals surface area contributed by atoms with Crippen molar-refractivity contribution in [1.29, 1.82) is 0 Å². The summed E-state index contributed by atoms with van der Waals surface area (Å²) in [5.41, 5.74) is 3.47. The summed E-state index contributed by atoms with van der Waals surface area (Å²) in [6.45, 7) is 8.05. The molecule has 2 amide bonds. The van der Waals surface area contributed by atoms with Crippen LogP contribution in [0.4, 0.5) is 36.8 Å². The number of carboxylic acids is 2. The smallest absolute Gasteiger partial charge is 0.475 e. The molecule has 3 N–H and O–H groups in total. The predicted molar refractivity (Wildman–Crippen MR) is 146 cm³/mol. The van der Waals surface area contributed by atoms with E-state index in [9.17, 15) is 31.1 Å². The quantitative estimate of drug-likeness (QED) is 0.397. The Balaban J connectivity index is 0.000000402. The molecular weight excluding hydrogens is 602 g/mol. The lowest BCUT2D eigenvalue weighted by Gasteiger charge is -2.42. The standard InChI is InChI=1S/C24H32N4O2.2C2HF3O2/c1-2-20-5-3-7-22(15-20)26-23(29)28-11-8-24(9-12-28)18-27(13-14-30-19-24)17-21-6-4-10-25-16-21;2*3-2(4,5)1(6)7/h3-7,10,15-16H,2,8-9,11-14,17-19H2,1H3,(H,26,29);2*(H,6,7). The molecule has 4 rings (SSSR count). The highest BCUT2D eigenvalue weighted by Crippen LogP contribution is 2.35. The molecule has 0 unspecified atom stereocenters. The molecule has 10 nitrogen and oxygen atoms in total. The molecule has 2 aliphatic rings. The van der Waals surface area contributed by atoms with Crippen LogP contribution in [-0.2, 0) is 27.3 Å². The second-order valence-corrected chi connectivity index (χ2v) is 10.2. The minimum atomic E-state index is -5.08. The van der Waals surface area contributed by atoms with Crippen LogP contribution in [-0.4, -0.2) is 94.7 Å². The number of hydrogen-bond acceptors (Lipinski definition) is 6. The third kappa shape index (κ3) is 12.4. The molecule has 3 heterocycles. The minimum absolute atomic E-state index is 0.000130. The molecule has 0 aliphatic carbocycles. The van der Waals surface area contributed by atoms with Crippen LogP contribution < -0.4 is 5.32 Å². The number of carboxylic acid groups (broad SMARTS) is 2. The zero-order chi connectivity index (χ0) is 33.0. The van der Waals surface area contributed by atoms with Gasteiger partial charge < -0.3 is 25.2 Å². The number of hydrogen-bond donors (Lipinski definition) is 3. The van der Waals surface area contributed by atoms with Crippen LogP contribution in [0.2, 0.25) is 0 Å². The lowest BCUT2D eigenvalue weighted by molar-refractivity contribution is -0.193. The second-order valence-electron chi connectivity index (χ2n) is 10.2. The van der Waals surface area contributed by atoms with Gasteiger partial charge >= 0.3 is 30.3 Å². The van der Waals surface area contributed by atoms with Crippen LogP contribution in [0.25, 0.3) is 0 Å². The van der Waals surface area contributed by atoms with E-state index in [-0.39, 0.29) is 11.4 Å². The van der Waals surface area contributed by atoms with E-state index in [1.54, 1.807) is 0 Å². The van der Waals surface area contributed by atoms with Crippen LogP contribution in [0.15, 0.2) is 48.8 Å². The lowest BCUT2D eigenvalue weighted by Crippen LogP contribution is -2.49. The third-order valence-corrected chi connectivity index (χ3v) is 6.83. The molecule has 0 saturated carbocycles. The highest BCUT2D eigenvalue weighted by atomic mass is 19.4. The number of amides is 2. The molecule has 44 heavy (non-hydrogen) atoms. The largest absolute Gasteiger partial charge is 0.490 e. The first-order valence-electron chi connectivity index (χ1n) is 13.5. The summed E-state index contributed by atoms with van der Waals surface area (Å²) in [7, 11) is 0. The van der Waals surface area contributed by atoms with Gasteiger partial charge in [-0.25, -0.2) is 14.4 Å². The first kappa shape index (κ1) is 36.3. The summed E-state index contributed by atoms with van der Waals surface area (Å²) >= 11 is 0. The molecule has 0 bridgehead atoms. The lowest BCUT2D eigenvalue weighted by atomic mass is 9.78. The van der Waals surface area contributed by atoms with Crippen molar-refractivity contribution in [2.75, 3.05) is 44.7 Å². The molecule has 16 heteroatoms. The van der Waals surface area contributed by atoms with Crippen LogP contribution in [0.3, 0.4) is 0 Å². The molecule has 2 fully saturated rings. The Morgan fingerprint density at radius 1 is 0.955 bits per heavy atom. The number of rotatable bonds is 4. The van der Waals surface area contributed by atoms with Gasteiger partial charge in [-0.2, -0.15) is 26.3 Å². The number of piperidine rings is 1. The Morgan fingerprint density at radius 2 is 1.55 bits per heavy atom. The van der Waals surface area contributed by atoms with Gasteiger partial charge in [0.05, 0.1) is 13.2 Å². The molecule has 2 saturated heterocycles. The number of urea groups is 1. The molecule has 1 aromatic carbocycles. The molecule has 0 atom stereocenters. The van der Waals surface area contributed by atoms with Crippen molar-refractivity contribution in [2.45, 2.75) is 45.1 Å². The summed E-state index contributed by atoms with van der Waals surface area (Å²) in [5, 5.41) is 17.3. The molecule has 2 aliphatic heterocycles. The molecule has 1 aromatic heterocycles. The van der Waals surface area contributed by atoms with Gasteiger partial charge in [0.2, 0.25) is 0 Å². The Bertz CT molecular complexity index is 1200. The SMILES string of the molecule is CCc1cccc(NC(=O)N2CCC3(CC2)COCCN(Cc2cccnc2)C3)c1.O=C(O)C(F)(F)F.O=C(O)C(F)(F)F. The van der Waals surface area contributed by atoms with Gasteiger partial charge in [0.15, 0.2) is 0 Å². The van der Waals surface area contributed by atoms with E-state index in [4.69, 9.17) is 24.5 Å². The number of nitrogens with zero attached hydrogens (tertiary/aromatic N) is 3. The number of aromatic nitrogens is 1. The molecule has 244 valence electrons. The molecular formula is C28H34F6N4O6. The minimum Gasteiger partial charge on any atom is -0.475 e. The second kappa shape index (κ2) is 16.2. The number of benzene rings is 1. The van der Waals surface area contributed by atoms with Crippen LogP contribution in [0.5, 0.6) is 0 Å². The van der Waals surface area contributed by atoms with E-state index in [1.165, 1.54) is 11.1 Å². The Labute approximate surface area is 249 Å². The van der Waals surface area contributed by atoms with Crippen molar-refractivity contribution in [1.82, 2.24) is 14.8 Å². The number of anilines is 1. The van der Waals surface area contributed by atoms with Crippen LogP contribution in [0.1, 0.15) is 30.9 Å². The average Bonchev–Trinajstić information content (AvgIpc) is 3.15. The monoisotopic (exact) mass is 636 g/mol.